The summed E-state index contributed by atoms with van der Waals surface area (Å²) in [6.07, 6.45) is 4.24. The number of para-hydroxylation sites is 1. The van der Waals surface area contributed by atoms with Crippen molar-refractivity contribution < 1.29 is 0 Å². The van der Waals surface area contributed by atoms with Gasteiger partial charge in [-0.3, -0.25) is 0 Å². The molecule has 20 heavy (non-hydrogen) atoms. The molecule has 2 aromatic carbocycles. The third-order valence-corrected chi connectivity index (χ3v) is 7.08. The van der Waals surface area contributed by atoms with Crippen LogP contribution >= 0.6 is 20.5 Å². The summed E-state index contributed by atoms with van der Waals surface area (Å²) in [6.45, 7) is 0. The van der Waals surface area contributed by atoms with Gasteiger partial charge in [0.2, 0.25) is 0 Å². The van der Waals surface area contributed by atoms with Gasteiger partial charge in [-0.15, -0.1) is 0 Å². The number of hydrazone groups is 1. The average Bonchev–Trinajstić information content (AvgIpc) is 3.09. The van der Waals surface area contributed by atoms with Crippen molar-refractivity contribution in [3.8, 4) is 0 Å². The SMILES string of the molecule is C1=NN(c2ccccc2)S2=C1C=C(c1ccccc1)S2. The summed E-state index contributed by atoms with van der Waals surface area (Å²) in [5, 5.41) is 4.54. The Morgan fingerprint density at radius 3 is 2.35 bits per heavy atom. The van der Waals surface area contributed by atoms with E-state index in [0.717, 1.165) is 5.69 Å². The third kappa shape index (κ3) is 2.01. The molecule has 2 aliphatic rings. The highest BCUT2D eigenvalue weighted by molar-refractivity contribution is 8.88. The fourth-order valence-electron chi connectivity index (χ4n) is 2.16. The highest BCUT2D eigenvalue weighted by atomic mass is 33.1. The first-order valence-corrected chi connectivity index (χ1v) is 8.89. The number of rotatable bonds is 2. The Bertz CT molecular complexity index is 734. The minimum atomic E-state index is -0.0354. The number of benzene rings is 2. The molecule has 0 fully saturated rings. The van der Waals surface area contributed by atoms with Crippen molar-refractivity contribution in [2.45, 2.75) is 0 Å². The van der Waals surface area contributed by atoms with Gasteiger partial charge in [-0.05, 0) is 34.6 Å². The van der Waals surface area contributed by atoms with Crippen LogP contribution in [0.3, 0.4) is 0 Å². The van der Waals surface area contributed by atoms with Crippen molar-refractivity contribution in [1.82, 2.24) is 0 Å². The Balaban J connectivity index is 1.64. The normalized spacial score (nSPS) is 20.2. The quantitative estimate of drug-likeness (QED) is 0.597. The monoisotopic (exact) mass is 296 g/mol. The summed E-state index contributed by atoms with van der Waals surface area (Å²) in [5.74, 6) is 0. The number of allylic oxidation sites excluding steroid dienone is 1. The topological polar surface area (TPSA) is 15.6 Å². The van der Waals surface area contributed by atoms with Crippen molar-refractivity contribution in [3.63, 3.8) is 0 Å². The van der Waals surface area contributed by atoms with Crippen molar-refractivity contribution in [2.24, 2.45) is 5.10 Å². The molecule has 4 heteroatoms. The van der Waals surface area contributed by atoms with Crippen LogP contribution in [-0.2, 0) is 0 Å². The Hall–Kier alpha value is -1.78. The summed E-state index contributed by atoms with van der Waals surface area (Å²) in [5.41, 5.74) is 2.44. The Labute approximate surface area is 124 Å². The molecule has 0 saturated heterocycles. The molecular weight excluding hydrogens is 284 g/mol. The van der Waals surface area contributed by atoms with Gasteiger partial charge in [0, 0.05) is 14.6 Å². The second kappa shape index (κ2) is 4.96. The predicted molar refractivity (Wildman–Crippen MR) is 92.0 cm³/mol. The molecule has 0 aromatic heterocycles. The van der Waals surface area contributed by atoms with E-state index in [1.807, 2.05) is 23.1 Å². The predicted octanol–water partition coefficient (Wildman–Crippen LogP) is 4.55. The fourth-order valence-corrected chi connectivity index (χ4v) is 6.07. The van der Waals surface area contributed by atoms with Crippen LogP contribution < -0.4 is 4.41 Å². The first-order chi connectivity index (χ1) is 9.92. The maximum absolute atomic E-state index is 4.54. The van der Waals surface area contributed by atoms with E-state index in [4.69, 9.17) is 0 Å². The summed E-state index contributed by atoms with van der Waals surface area (Å²) < 4.78 is 2.12. The lowest BCUT2D eigenvalue weighted by atomic mass is 10.2. The molecule has 2 heterocycles. The second-order valence-electron chi connectivity index (χ2n) is 4.46. The molecule has 0 radical (unpaired) electrons. The van der Waals surface area contributed by atoms with Crippen LogP contribution in [0.2, 0.25) is 0 Å². The highest BCUT2D eigenvalue weighted by Gasteiger charge is 2.26. The summed E-state index contributed by atoms with van der Waals surface area (Å²) in [6, 6.07) is 20.9. The zero-order valence-electron chi connectivity index (χ0n) is 10.6. The Kier molecular flexibility index (Phi) is 2.98. The van der Waals surface area contributed by atoms with Crippen molar-refractivity contribution in [2.75, 3.05) is 4.41 Å². The average molecular weight is 296 g/mol. The first-order valence-electron chi connectivity index (χ1n) is 6.38. The Morgan fingerprint density at radius 2 is 1.60 bits per heavy atom. The molecule has 2 aromatic rings. The smallest absolute Gasteiger partial charge is 0.0726 e. The maximum atomic E-state index is 4.54. The van der Waals surface area contributed by atoms with E-state index in [2.05, 4.69) is 70.2 Å². The molecule has 1 unspecified atom stereocenters. The molecule has 2 aliphatic heterocycles. The lowest BCUT2D eigenvalue weighted by molar-refractivity contribution is 1.23. The number of hydrogen-bond donors (Lipinski definition) is 0. The van der Waals surface area contributed by atoms with Gasteiger partial charge in [-0.2, -0.15) is 5.10 Å². The third-order valence-electron chi connectivity index (χ3n) is 3.13. The lowest BCUT2D eigenvalue weighted by Crippen LogP contribution is -2.02. The van der Waals surface area contributed by atoms with E-state index in [9.17, 15) is 0 Å². The molecule has 0 saturated carbocycles. The van der Waals surface area contributed by atoms with Crippen LogP contribution in [0.1, 0.15) is 5.56 Å². The standard InChI is InChI=1S/C16H12N2S2/c1-3-7-13(8-4-1)16-11-15-12-17-18(20(15)19-16)14-9-5-2-6-10-14/h1-12H. The van der Waals surface area contributed by atoms with Gasteiger partial charge in [0.15, 0.2) is 0 Å². The molecule has 98 valence electrons. The van der Waals surface area contributed by atoms with E-state index in [0.29, 0.717) is 0 Å². The number of nitrogens with zero attached hydrogens (tertiary/aromatic N) is 2. The van der Waals surface area contributed by atoms with E-state index in [1.165, 1.54) is 15.3 Å². The van der Waals surface area contributed by atoms with Crippen LogP contribution in [0.4, 0.5) is 5.69 Å². The van der Waals surface area contributed by atoms with E-state index < -0.39 is 0 Å². The highest BCUT2D eigenvalue weighted by Crippen LogP contribution is 2.53. The van der Waals surface area contributed by atoms with Crippen LogP contribution in [0.15, 0.2) is 71.8 Å². The molecule has 4 rings (SSSR count). The van der Waals surface area contributed by atoms with Gasteiger partial charge in [-0.1, -0.05) is 48.5 Å². The van der Waals surface area contributed by atoms with Gasteiger partial charge >= 0.3 is 0 Å². The molecule has 0 bridgehead atoms. The minimum Gasteiger partial charge on any atom is -0.203 e. The van der Waals surface area contributed by atoms with Gasteiger partial charge in [0.25, 0.3) is 0 Å². The lowest BCUT2D eigenvalue weighted by Gasteiger charge is -2.18. The van der Waals surface area contributed by atoms with Gasteiger partial charge in [-0.25, -0.2) is 4.41 Å². The van der Waals surface area contributed by atoms with Crippen LogP contribution in [0.5, 0.6) is 0 Å². The maximum Gasteiger partial charge on any atom is 0.0726 e. The molecule has 0 N–H and O–H groups in total. The largest absolute Gasteiger partial charge is 0.203 e. The van der Waals surface area contributed by atoms with Crippen molar-refractivity contribution in [1.29, 1.82) is 0 Å². The zero-order valence-corrected chi connectivity index (χ0v) is 12.3. The van der Waals surface area contributed by atoms with E-state index in [1.54, 1.807) is 0 Å². The summed E-state index contributed by atoms with van der Waals surface area (Å²) in [7, 11) is 1.85. The van der Waals surface area contributed by atoms with Crippen LogP contribution in [-0.4, -0.2) is 11.1 Å². The molecule has 0 amide bonds. The van der Waals surface area contributed by atoms with E-state index in [-0.39, 0.29) is 9.70 Å². The summed E-state index contributed by atoms with van der Waals surface area (Å²) in [4.78, 5) is 2.63. The molecule has 2 nitrogen and oxygen atoms in total. The van der Waals surface area contributed by atoms with Crippen molar-refractivity contribution >= 4 is 42.2 Å². The summed E-state index contributed by atoms with van der Waals surface area (Å²) >= 11 is 0. The minimum absolute atomic E-state index is 0.0354. The zero-order chi connectivity index (χ0) is 13.4. The van der Waals surface area contributed by atoms with Gasteiger partial charge in [0.05, 0.1) is 16.8 Å². The molecular formula is C16H12N2S2. The van der Waals surface area contributed by atoms with Crippen LogP contribution in [0, 0.1) is 0 Å². The first kappa shape index (κ1) is 12.0. The molecule has 1 atom stereocenters. The molecule has 0 spiro atoms. The number of hydrogen-bond acceptors (Lipinski definition) is 3. The van der Waals surface area contributed by atoms with Crippen LogP contribution in [0.25, 0.3) is 4.91 Å². The van der Waals surface area contributed by atoms with Gasteiger partial charge in [0.1, 0.15) is 0 Å². The van der Waals surface area contributed by atoms with Crippen molar-refractivity contribution in [3.05, 3.63) is 72.3 Å². The Morgan fingerprint density at radius 1 is 0.900 bits per heavy atom. The van der Waals surface area contributed by atoms with Gasteiger partial charge < -0.3 is 0 Å². The van der Waals surface area contributed by atoms with E-state index >= 15 is 0 Å². The second-order valence-corrected chi connectivity index (χ2v) is 7.83. The molecule has 0 aliphatic carbocycles. The fraction of sp³-hybridized carbons (Fsp3) is 0. The number of anilines is 1.